The molecule has 4 nitrogen and oxygen atoms in total. The first-order valence-electron chi connectivity index (χ1n) is 8.53. The summed E-state index contributed by atoms with van der Waals surface area (Å²) in [7, 11) is 0. The lowest BCUT2D eigenvalue weighted by molar-refractivity contribution is 0.575. The molecule has 0 atom stereocenters. The molecule has 0 unspecified atom stereocenters. The summed E-state index contributed by atoms with van der Waals surface area (Å²) in [5.74, 6) is 1.45. The van der Waals surface area contributed by atoms with Crippen LogP contribution in [0.4, 0.5) is 5.69 Å². The fourth-order valence-electron chi connectivity index (χ4n) is 2.84. The van der Waals surface area contributed by atoms with Gasteiger partial charge in [0.2, 0.25) is 0 Å². The van der Waals surface area contributed by atoms with Crippen LogP contribution in [0.2, 0.25) is 0 Å². The number of hydrogen-bond acceptors (Lipinski definition) is 3. The fourth-order valence-corrected chi connectivity index (χ4v) is 3.01. The number of hydrogen-bond donors (Lipinski definition) is 2. The van der Waals surface area contributed by atoms with Gasteiger partial charge in [-0.05, 0) is 47.3 Å². The van der Waals surface area contributed by atoms with Crippen LogP contribution in [-0.4, -0.2) is 11.3 Å². The monoisotopic (exact) mass is 371 g/mol. The molecule has 0 aliphatic rings. The van der Waals surface area contributed by atoms with Gasteiger partial charge in [0, 0.05) is 11.3 Å². The largest absolute Gasteiger partial charge is 0.455 e. The maximum absolute atomic E-state index is 5.92. The minimum absolute atomic E-state index is 0.415. The Bertz CT molecular complexity index is 1100. The Kier molecular flexibility index (Phi) is 4.94. The van der Waals surface area contributed by atoms with E-state index in [0.29, 0.717) is 10.9 Å². The zero-order valence-electron chi connectivity index (χ0n) is 14.4. The van der Waals surface area contributed by atoms with Crippen LogP contribution in [0, 0.1) is 0 Å². The third-order valence-electron chi connectivity index (χ3n) is 4.07. The van der Waals surface area contributed by atoms with Crippen LogP contribution in [0.15, 0.2) is 94.4 Å². The molecule has 5 heteroatoms. The third kappa shape index (κ3) is 4.04. The number of nitrogens with zero attached hydrogens (tertiary/aromatic N) is 1. The van der Waals surface area contributed by atoms with Crippen LogP contribution >= 0.6 is 12.2 Å². The van der Waals surface area contributed by atoms with E-state index < -0.39 is 0 Å². The summed E-state index contributed by atoms with van der Waals surface area (Å²) in [4.78, 5) is 0. The van der Waals surface area contributed by atoms with Crippen molar-refractivity contribution in [1.29, 1.82) is 0 Å². The highest BCUT2D eigenvalue weighted by Crippen LogP contribution is 2.29. The van der Waals surface area contributed by atoms with Crippen LogP contribution in [0.3, 0.4) is 0 Å². The molecule has 4 aromatic rings. The van der Waals surface area contributed by atoms with Crippen molar-refractivity contribution in [2.24, 2.45) is 5.10 Å². The molecule has 0 saturated heterocycles. The molecule has 1 heterocycles. The second-order valence-corrected chi connectivity index (χ2v) is 6.33. The van der Waals surface area contributed by atoms with Crippen LogP contribution in [0.25, 0.3) is 22.1 Å². The number of benzene rings is 3. The van der Waals surface area contributed by atoms with E-state index in [1.54, 1.807) is 6.21 Å². The lowest BCUT2D eigenvalue weighted by Crippen LogP contribution is -2.23. The van der Waals surface area contributed by atoms with Crippen LogP contribution in [0.1, 0.15) is 5.76 Å². The quantitative estimate of drug-likeness (QED) is 0.286. The van der Waals surface area contributed by atoms with Gasteiger partial charge < -0.3 is 9.73 Å². The zero-order chi connectivity index (χ0) is 18.5. The number of nitrogens with one attached hydrogen (secondary N) is 2. The second kappa shape index (κ2) is 7.85. The minimum Gasteiger partial charge on any atom is -0.455 e. The summed E-state index contributed by atoms with van der Waals surface area (Å²) in [6.07, 6.45) is 1.60. The van der Waals surface area contributed by atoms with Crippen molar-refractivity contribution in [3.05, 3.63) is 90.7 Å². The van der Waals surface area contributed by atoms with Gasteiger partial charge in [-0.2, -0.15) is 5.10 Å². The highest BCUT2D eigenvalue weighted by Gasteiger charge is 2.07. The number of thiocarbonyl (C=S) groups is 1. The van der Waals surface area contributed by atoms with Gasteiger partial charge in [-0.25, -0.2) is 0 Å². The molecule has 0 bridgehead atoms. The van der Waals surface area contributed by atoms with Crippen LogP contribution in [0.5, 0.6) is 0 Å². The van der Waals surface area contributed by atoms with Gasteiger partial charge in [0.25, 0.3) is 0 Å². The number of fused-ring (bicyclic) bond motifs is 1. The van der Waals surface area contributed by atoms with Crippen molar-refractivity contribution in [2.75, 3.05) is 5.32 Å². The van der Waals surface area contributed by atoms with Gasteiger partial charge in [-0.15, -0.1) is 0 Å². The number of rotatable bonds is 4. The smallest absolute Gasteiger partial charge is 0.191 e. The number of para-hydroxylation sites is 1. The molecule has 0 radical (unpaired) electrons. The Morgan fingerprint density at radius 3 is 2.52 bits per heavy atom. The average Bonchev–Trinajstić information content (AvgIpc) is 3.17. The maximum Gasteiger partial charge on any atom is 0.191 e. The van der Waals surface area contributed by atoms with E-state index in [0.717, 1.165) is 22.4 Å². The van der Waals surface area contributed by atoms with E-state index in [1.807, 2.05) is 60.7 Å². The highest BCUT2D eigenvalue weighted by molar-refractivity contribution is 7.80. The predicted octanol–water partition coefficient (Wildman–Crippen LogP) is 5.42. The highest BCUT2D eigenvalue weighted by atomic mass is 32.1. The first-order chi connectivity index (χ1) is 13.3. The van der Waals surface area contributed by atoms with Crippen molar-refractivity contribution in [3.63, 3.8) is 0 Å². The summed E-state index contributed by atoms with van der Waals surface area (Å²) in [5, 5.41) is 9.94. The summed E-state index contributed by atoms with van der Waals surface area (Å²) in [6, 6.07) is 27.9. The van der Waals surface area contributed by atoms with E-state index in [9.17, 15) is 0 Å². The van der Waals surface area contributed by atoms with Crippen LogP contribution < -0.4 is 10.7 Å². The molecular weight excluding hydrogens is 354 g/mol. The molecule has 0 saturated carbocycles. The van der Waals surface area contributed by atoms with E-state index in [4.69, 9.17) is 16.6 Å². The van der Waals surface area contributed by atoms with Gasteiger partial charge in [0.1, 0.15) is 11.5 Å². The summed E-state index contributed by atoms with van der Waals surface area (Å²) < 4.78 is 5.92. The Morgan fingerprint density at radius 2 is 1.63 bits per heavy atom. The lowest BCUT2D eigenvalue weighted by Gasteiger charge is -2.05. The summed E-state index contributed by atoms with van der Waals surface area (Å²) in [6.45, 7) is 0. The van der Waals surface area contributed by atoms with Gasteiger partial charge in [0.15, 0.2) is 5.11 Å². The molecule has 2 N–H and O–H groups in total. The van der Waals surface area contributed by atoms with Crippen molar-refractivity contribution in [2.45, 2.75) is 0 Å². The van der Waals surface area contributed by atoms with Crippen LogP contribution in [-0.2, 0) is 0 Å². The summed E-state index contributed by atoms with van der Waals surface area (Å²) in [5.41, 5.74) is 4.75. The average molecular weight is 371 g/mol. The first-order valence-corrected chi connectivity index (χ1v) is 8.93. The third-order valence-corrected chi connectivity index (χ3v) is 4.26. The standard InChI is InChI=1S/C22H17N3OS/c27-22(24-17-9-2-1-3-10-17)25-23-15-18-13-14-21(26-18)20-12-6-8-16-7-4-5-11-19(16)20/h1-15H,(H2,24,25,27). The minimum atomic E-state index is 0.415. The molecule has 1 aromatic heterocycles. The van der Waals surface area contributed by atoms with E-state index in [2.05, 4.69) is 40.1 Å². The van der Waals surface area contributed by atoms with Gasteiger partial charge >= 0.3 is 0 Å². The Hall–Kier alpha value is -3.44. The van der Waals surface area contributed by atoms with Gasteiger partial charge in [0.05, 0.1) is 6.21 Å². The normalized spacial score (nSPS) is 11.0. The van der Waals surface area contributed by atoms with Crippen molar-refractivity contribution < 1.29 is 4.42 Å². The molecule has 132 valence electrons. The molecular formula is C22H17N3OS. The molecule has 0 aliphatic carbocycles. The molecule has 0 aliphatic heterocycles. The predicted molar refractivity (Wildman–Crippen MR) is 115 cm³/mol. The molecule has 4 rings (SSSR count). The van der Waals surface area contributed by atoms with Crippen molar-refractivity contribution in [3.8, 4) is 11.3 Å². The fraction of sp³-hybridized carbons (Fsp3) is 0. The van der Waals surface area contributed by atoms with Crippen molar-refractivity contribution >= 4 is 40.0 Å². The number of anilines is 1. The topological polar surface area (TPSA) is 49.6 Å². The number of furan rings is 1. The maximum atomic E-state index is 5.92. The van der Waals surface area contributed by atoms with Gasteiger partial charge in [-0.1, -0.05) is 60.7 Å². The zero-order valence-corrected chi connectivity index (χ0v) is 15.2. The molecule has 0 amide bonds. The van der Waals surface area contributed by atoms with Crippen molar-refractivity contribution in [1.82, 2.24) is 5.43 Å². The number of hydrazone groups is 1. The molecule has 3 aromatic carbocycles. The Balaban J connectivity index is 1.45. The Morgan fingerprint density at radius 1 is 0.852 bits per heavy atom. The van der Waals surface area contributed by atoms with E-state index in [1.165, 1.54) is 5.39 Å². The van der Waals surface area contributed by atoms with E-state index in [-0.39, 0.29) is 0 Å². The first kappa shape index (κ1) is 17.0. The molecule has 0 fully saturated rings. The second-order valence-electron chi connectivity index (χ2n) is 5.92. The molecule has 27 heavy (non-hydrogen) atoms. The summed E-state index contributed by atoms with van der Waals surface area (Å²) >= 11 is 5.22. The SMILES string of the molecule is S=C(NN=Cc1ccc(-c2cccc3ccccc23)o1)Nc1ccccc1. The van der Waals surface area contributed by atoms with E-state index >= 15 is 0 Å². The molecule has 0 spiro atoms. The Labute approximate surface area is 162 Å². The lowest BCUT2D eigenvalue weighted by atomic mass is 10.0. The van der Waals surface area contributed by atoms with Gasteiger partial charge in [-0.3, -0.25) is 5.43 Å².